The Morgan fingerprint density at radius 1 is 0.488 bits per heavy atom. The van der Waals surface area contributed by atoms with Gasteiger partial charge in [0.2, 0.25) is 0 Å². The van der Waals surface area contributed by atoms with Crippen LogP contribution in [0.5, 0.6) is 23.0 Å². The fraction of sp³-hybridized carbons (Fsp3) is 0. The second-order valence-corrected chi connectivity index (χ2v) is 10.4. The molecule has 0 N–H and O–H groups in total. The average molecular weight is 552 g/mol. The van der Waals surface area contributed by atoms with E-state index in [1.165, 1.54) is 0 Å². The summed E-state index contributed by atoms with van der Waals surface area (Å²) >= 11 is 6.27. The van der Waals surface area contributed by atoms with Gasteiger partial charge in [-0.15, -0.1) is 0 Å². The summed E-state index contributed by atoms with van der Waals surface area (Å²) in [5.74, 6) is 2.73. The minimum Gasteiger partial charge on any atom is -0.456 e. The van der Waals surface area contributed by atoms with E-state index in [4.69, 9.17) is 25.5 Å². The molecule has 7 aromatic rings. The summed E-state index contributed by atoms with van der Waals surface area (Å²) in [6.45, 7) is 0. The predicted molar refractivity (Wildman–Crippen MR) is 165 cm³/mol. The molecule has 0 radical (unpaired) electrons. The van der Waals surface area contributed by atoms with Crippen LogP contribution in [-0.2, 0) is 0 Å². The van der Waals surface area contributed by atoms with Gasteiger partial charge in [0.25, 0.3) is 0 Å². The highest BCUT2D eigenvalue weighted by Gasteiger charge is 2.23. The Labute approximate surface area is 241 Å². The van der Waals surface area contributed by atoms with Gasteiger partial charge >= 0.3 is 0 Å². The van der Waals surface area contributed by atoms with Gasteiger partial charge in [-0.3, -0.25) is 0 Å². The zero-order valence-corrected chi connectivity index (χ0v) is 22.5. The quantitative estimate of drug-likeness (QED) is 0.218. The lowest BCUT2D eigenvalue weighted by Crippen LogP contribution is -2.10. The van der Waals surface area contributed by atoms with Crippen molar-refractivity contribution in [2.45, 2.75) is 0 Å². The second-order valence-electron chi connectivity index (χ2n) is 9.92. The molecule has 0 aliphatic carbocycles. The van der Waals surface area contributed by atoms with Crippen LogP contribution in [0.25, 0.3) is 33.1 Å². The molecule has 0 amide bonds. The van der Waals surface area contributed by atoms with Gasteiger partial charge in [0.05, 0.1) is 11.4 Å². The molecule has 0 saturated carbocycles. The van der Waals surface area contributed by atoms with Crippen molar-refractivity contribution < 1.29 is 13.9 Å². The van der Waals surface area contributed by atoms with Gasteiger partial charge in [-0.25, -0.2) is 0 Å². The number of halogens is 1. The molecule has 5 heteroatoms. The summed E-state index contributed by atoms with van der Waals surface area (Å²) in [5.41, 5.74) is 6.65. The zero-order valence-electron chi connectivity index (χ0n) is 21.8. The van der Waals surface area contributed by atoms with E-state index in [-0.39, 0.29) is 0 Å². The molecule has 1 aliphatic heterocycles. The molecular weight excluding hydrogens is 530 g/mol. The standard InChI is InChI=1S/C36H22ClNO3/c37-24-16-14-23(15-17-24)29-20-27(22-35-36(29)28-10-4-5-11-30(28)39-35)38(25-8-2-1-3-9-25)26-18-19-33-34(21-26)41-32-13-7-6-12-31(32)40-33/h1-22H. The van der Waals surface area contributed by atoms with Crippen molar-refractivity contribution in [2.75, 3.05) is 4.90 Å². The van der Waals surface area contributed by atoms with Crippen LogP contribution in [0.1, 0.15) is 0 Å². The number of ether oxygens (including phenoxy) is 2. The molecule has 8 rings (SSSR count). The Morgan fingerprint density at radius 2 is 1.17 bits per heavy atom. The predicted octanol–water partition coefficient (Wildman–Crippen LogP) is 11.3. The number of nitrogens with zero attached hydrogens (tertiary/aromatic N) is 1. The summed E-state index contributed by atoms with van der Waals surface area (Å²) < 4.78 is 18.8. The maximum absolute atomic E-state index is 6.43. The van der Waals surface area contributed by atoms with Crippen LogP contribution in [0, 0.1) is 0 Å². The molecule has 6 aromatic carbocycles. The molecule has 0 fully saturated rings. The van der Waals surface area contributed by atoms with Crippen LogP contribution < -0.4 is 14.4 Å². The van der Waals surface area contributed by atoms with Crippen LogP contribution in [0.15, 0.2) is 138 Å². The normalized spacial score (nSPS) is 11.9. The van der Waals surface area contributed by atoms with E-state index in [2.05, 4.69) is 47.4 Å². The topological polar surface area (TPSA) is 34.8 Å². The highest BCUT2D eigenvalue weighted by atomic mass is 35.5. The Hall–Kier alpha value is -5.19. The minimum absolute atomic E-state index is 0.657. The largest absolute Gasteiger partial charge is 0.456 e. The van der Waals surface area contributed by atoms with Gasteiger partial charge < -0.3 is 18.8 Å². The van der Waals surface area contributed by atoms with Gasteiger partial charge in [0.15, 0.2) is 23.0 Å². The van der Waals surface area contributed by atoms with Crippen LogP contribution in [0.4, 0.5) is 17.1 Å². The number of benzene rings is 6. The van der Waals surface area contributed by atoms with Crippen molar-refractivity contribution in [2.24, 2.45) is 0 Å². The van der Waals surface area contributed by atoms with Crippen LogP contribution in [0.3, 0.4) is 0 Å². The van der Waals surface area contributed by atoms with Crippen molar-refractivity contribution in [3.63, 3.8) is 0 Å². The van der Waals surface area contributed by atoms with Gasteiger partial charge in [-0.2, -0.15) is 0 Å². The third kappa shape index (κ3) is 4.08. The molecular formula is C36H22ClNO3. The maximum Gasteiger partial charge on any atom is 0.172 e. The van der Waals surface area contributed by atoms with E-state index >= 15 is 0 Å². The van der Waals surface area contributed by atoms with Gasteiger partial charge in [0.1, 0.15) is 11.2 Å². The Morgan fingerprint density at radius 3 is 1.98 bits per heavy atom. The molecule has 1 aliphatic rings. The molecule has 0 spiro atoms. The van der Waals surface area contributed by atoms with Crippen LogP contribution in [-0.4, -0.2) is 0 Å². The van der Waals surface area contributed by atoms with Crippen molar-refractivity contribution in [3.05, 3.63) is 138 Å². The summed E-state index contributed by atoms with van der Waals surface area (Å²) in [6.07, 6.45) is 0. The minimum atomic E-state index is 0.657. The number of anilines is 3. The molecule has 0 bridgehead atoms. The Kier molecular flexibility index (Phi) is 5.47. The van der Waals surface area contributed by atoms with E-state index in [0.717, 1.165) is 50.1 Å². The second kappa shape index (κ2) is 9.47. The lowest BCUT2D eigenvalue weighted by Gasteiger charge is -2.28. The van der Waals surface area contributed by atoms with Crippen molar-refractivity contribution in [1.29, 1.82) is 0 Å². The van der Waals surface area contributed by atoms with Crippen LogP contribution >= 0.6 is 11.6 Å². The van der Waals surface area contributed by atoms with Gasteiger partial charge in [-0.05, 0) is 71.8 Å². The molecule has 4 nitrogen and oxygen atoms in total. The smallest absolute Gasteiger partial charge is 0.172 e. The number of furan rings is 1. The fourth-order valence-electron chi connectivity index (χ4n) is 5.51. The number of para-hydroxylation sites is 4. The molecule has 0 unspecified atom stereocenters. The number of hydrogen-bond acceptors (Lipinski definition) is 4. The molecule has 0 saturated heterocycles. The summed E-state index contributed by atoms with van der Waals surface area (Å²) in [4.78, 5) is 2.20. The van der Waals surface area contributed by atoms with E-state index < -0.39 is 0 Å². The highest BCUT2D eigenvalue weighted by Crippen LogP contribution is 2.49. The molecule has 0 atom stereocenters. The van der Waals surface area contributed by atoms with E-state index in [9.17, 15) is 0 Å². The highest BCUT2D eigenvalue weighted by molar-refractivity contribution is 6.30. The average Bonchev–Trinajstić information content (AvgIpc) is 3.39. The van der Waals surface area contributed by atoms with Gasteiger partial charge in [0, 0.05) is 33.6 Å². The maximum atomic E-state index is 6.43. The summed E-state index contributed by atoms with van der Waals surface area (Å²) in [7, 11) is 0. The molecule has 196 valence electrons. The lowest BCUT2D eigenvalue weighted by atomic mass is 9.98. The van der Waals surface area contributed by atoms with Gasteiger partial charge in [-0.1, -0.05) is 72.3 Å². The molecule has 1 aromatic heterocycles. The molecule has 41 heavy (non-hydrogen) atoms. The SMILES string of the molecule is Clc1ccc(-c2cc(N(c3ccccc3)c3ccc4c(c3)Oc3ccccc3O4)cc3oc4ccccc4c23)cc1. The first-order chi connectivity index (χ1) is 20.2. The lowest BCUT2D eigenvalue weighted by molar-refractivity contribution is 0.360. The first-order valence-electron chi connectivity index (χ1n) is 13.4. The van der Waals surface area contributed by atoms with E-state index in [0.29, 0.717) is 28.0 Å². The Balaban J connectivity index is 1.35. The van der Waals surface area contributed by atoms with Crippen LogP contribution in [0.2, 0.25) is 5.02 Å². The molecule has 2 heterocycles. The number of rotatable bonds is 4. The monoisotopic (exact) mass is 551 g/mol. The zero-order chi connectivity index (χ0) is 27.3. The third-order valence-electron chi connectivity index (χ3n) is 7.37. The first-order valence-corrected chi connectivity index (χ1v) is 13.7. The third-order valence-corrected chi connectivity index (χ3v) is 7.62. The summed E-state index contributed by atoms with van der Waals surface area (Å²) in [5, 5.41) is 2.84. The van der Waals surface area contributed by atoms with Crippen molar-refractivity contribution in [3.8, 4) is 34.1 Å². The number of fused-ring (bicyclic) bond motifs is 5. The van der Waals surface area contributed by atoms with Crippen molar-refractivity contribution >= 4 is 50.6 Å². The summed E-state index contributed by atoms with van der Waals surface area (Å²) in [6, 6.07) is 44.4. The number of hydrogen-bond donors (Lipinski definition) is 0. The van der Waals surface area contributed by atoms with E-state index in [1.54, 1.807) is 0 Å². The first kappa shape index (κ1) is 23.7. The van der Waals surface area contributed by atoms with E-state index in [1.807, 2.05) is 91.0 Å². The Bertz CT molecular complexity index is 2070. The van der Waals surface area contributed by atoms with Crippen molar-refractivity contribution in [1.82, 2.24) is 0 Å². The fourth-order valence-corrected chi connectivity index (χ4v) is 5.63.